The average Bonchev–Trinajstić information content (AvgIpc) is 2.57. The molecule has 0 atom stereocenters. The van der Waals surface area contributed by atoms with Crippen molar-refractivity contribution in [2.45, 2.75) is 4.90 Å². The Labute approximate surface area is 139 Å². The lowest BCUT2D eigenvalue weighted by Crippen LogP contribution is -2.18. The van der Waals surface area contributed by atoms with E-state index in [1.807, 2.05) is 4.83 Å². The first-order chi connectivity index (χ1) is 11.4. The molecule has 2 aromatic carbocycles. The number of ether oxygens (including phenoxy) is 2. The van der Waals surface area contributed by atoms with E-state index >= 15 is 0 Å². The molecule has 0 unspecified atom stereocenters. The van der Waals surface area contributed by atoms with Gasteiger partial charge in [-0.05, 0) is 24.3 Å². The Hall–Kier alpha value is -2.94. The van der Waals surface area contributed by atoms with Gasteiger partial charge in [-0.3, -0.25) is 0 Å². The van der Waals surface area contributed by atoms with Crippen LogP contribution in [-0.4, -0.2) is 39.1 Å². The van der Waals surface area contributed by atoms with Crippen LogP contribution < -0.4 is 14.3 Å². The summed E-state index contributed by atoms with van der Waals surface area (Å²) in [6.45, 7) is 0. The molecule has 0 saturated heterocycles. The summed E-state index contributed by atoms with van der Waals surface area (Å²) in [7, 11) is -1.10. The van der Waals surface area contributed by atoms with E-state index in [1.54, 1.807) is 0 Å². The second kappa shape index (κ2) is 7.09. The lowest BCUT2D eigenvalue weighted by Gasteiger charge is -2.09. The molecule has 0 aromatic heterocycles. The molecule has 0 aliphatic heterocycles. The SMILES string of the molecule is COc1ccc(S(=O)(=O)N/N=C/c2cccc(O)c2O)cc1OC. The topological polar surface area (TPSA) is 117 Å². The minimum absolute atomic E-state index is 0.0718. The van der Waals surface area contributed by atoms with E-state index in [1.165, 1.54) is 50.6 Å². The first-order valence-corrected chi connectivity index (χ1v) is 8.15. The summed E-state index contributed by atoms with van der Waals surface area (Å²) in [5, 5.41) is 22.6. The number of sulfonamides is 1. The first kappa shape index (κ1) is 17.4. The standard InChI is InChI=1S/C15H16N2O6S/c1-22-13-7-6-11(8-14(13)23-2)24(20,21)17-16-9-10-4-3-5-12(18)15(10)19/h3-9,17-19H,1-2H3/b16-9+. The summed E-state index contributed by atoms with van der Waals surface area (Å²) >= 11 is 0. The van der Waals surface area contributed by atoms with E-state index in [4.69, 9.17) is 9.47 Å². The van der Waals surface area contributed by atoms with E-state index in [0.29, 0.717) is 5.75 Å². The van der Waals surface area contributed by atoms with Crippen molar-refractivity contribution in [3.63, 3.8) is 0 Å². The summed E-state index contributed by atoms with van der Waals surface area (Å²) in [4.78, 5) is 1.94. The first-order valence-electron chi connectivity index (χ1n) is 6.67. The van der Waals surface area contributed by atoms with E-state index in [9.17, 15) is 18.6 Å². The van der Waals surface area contributed by atoms with Crippen LogP contribution in [0.1, 0.15) is 5.56 Å². The van der Waals surface area contributed by atoms with Crippen LogP contribution in [0.5, 0.6) is 23.0 Å². The molecule has 0 aliphatic carbocycles. The summed E-state index contributed by atoms with van der Waals surface area (Å²) in [6, 6.07) is 8.33. The van der Waals surface area contributed by atoms with Crippen LogP contribution in [0.3, 0.4) is 0 Å². The van der Waals surface area contributed by atoms with Crippen LogP contribution in [0.25, 0.3) is 0 Å². The number of rotatable bonds is 6. The predicted octanol–water partition coefficient (Wildman–Crippen LogP) is 1.43. The van der Waals surface area contributed by atoms with Gasteiger partial charge in [0.25, 0.3) is 10.0 Å². The highest BCUT2D eigenvalue weighted by atomic mass is 32.2. The van der Waals surface area contributed by atoms with Gasteiger partial charge in [-0.15, -0.1) is 0 Å². The molecule has 2 aromatic rings. The summed E-state index contributed by atoms with van der Waals surface area (Å²) < 4.78 is 34.5. The molecule has 8 nitrogen and oxygen atoms in total. The number of methoxy groups -OCH3 is 2. The Bertz CT molecular complexity index is 864. The van der Waals surface area contributed by atoms with Crippen molar-refractivity contribution in [2.24, 2.45) is 5.10 Å². The molecular formula is C15H16N2O6S. The van der Waals surface area contributed by atoms with Gasteiger partial charge < -0.3 is 19.7 Å². The maximum Gasteiger partial charge on any atom is 0.276 e. The number of phenols is 2. The molecule has 0 heterocycles. The van der Waals surface area contributed by atoms with Gasteiger partial charge in [0.15, 0.2) is 23.0 Å². The molecule has 9 heteroatoms. The van der Waals surface area contributed by atoms with Crippen molar-refractivity contribution in [1.29, 1.82) is 0 Å². The van der Waals surface area contributed by atoms with Gasteiger partial charge >= 0.3 is 0 Å². The Morgan fingerprint density at radius 2 is 1.79 bits per heavy atom. The Morgan fingerprint density at radius 3 is 2.46 bits per heavy atom. The van der Waals surface area contributed by atoms with E-state index < -0.39 is 15.8 Å². The fraction of sp³-hybridized carbons (Fsp3) is 0.133. The summed E-state index contributed by atoms with van der Waals surface area (Å²) in [5.41, 5.74) is 0.157. The molecular weight excluding hydrogens is 336 g/mol. The Morgan fingerprint density at radius 1 is 1.08 bits per heavy atom. The van der Waals surface area contributed by atoms with Crippen LogP contribution in [0, 0.1) is 0 Å². The minimum Gasteiger partial charge on any atom is -0.504 e. The zero-order valence-electron chi connectivity index (χ0n) is 12.9. The number of hydrazone groups is 1. The smallest absolute Gasteiger partial charge is 0.276 e. The predicted molar refractivity (Wildman–Crippen MR) is 87.2 cm³/mol. The van der Waals surface area contributed by atoms with Crippen molar-refractivity contribution >= 4 is 16.2 Å². The number of phenolic OH excluding ortho intramolecular Hbond substituents is 2. The van der Waals surface area contributed by atoms with Gasteiger partial charge in [0.1, 0.15) is 0 Å². The Kier molecular flexibility index (Phi) is 5.14. The van der Waals surface area contributed by atoms with Crippen molar-refractivity contribution in [3.05, 3.63) is 42.0 Å². The molecule has 0 fully saturated rings. The molecule has 0 spiro atoms. The molecule has 24 heavy (non-hydrogen) atoms. The van der Waals surface area contributed by atoms with Gasteiger partial charge in [-0.1, -0.05) is 6.07 Å². The van der Waals surface area contributed by atoms with Gasteiger partial charge in [-0.25, -0.2) is 4.83 Å². The summed E-state index contributed by atoms with van der Waals surface area (Å²) in [6.07, 6.45) is 1.08. The number of nitrogens with one attached hydrogen (secondary N) is 1. The third-order valence-electron chi connectivity index (χ3n) is 3.09. The third kappa shape index (κ3) is 3.69. The zero-order valence-corrected chi connectivity index (χ0v) is 13.7. The van der Waals surface area contributed by atoms with Crippen molar-refractivity contribution < 1.29 is 28.1 Å². The Balaban J connectivity index is 2.22. The number of para-hydroxylation sites is 1. The van der Waals surface area contributed by atoms with Crippen LogP contribution in [0.15, 0.2) is 46.4 Å². The normalized spacial score (nSPS) is 11.4. The fourth-order valence-corrected chi connectivity index (χ4v) is 2.66. The molecule has 128 valence electrons. The van der Waals surface area contributed by atoms with Crippen LogP contribution >= 0.6 is 0 Å². The molecule has 0 amide bonds. The fourth-order valence-electron chi connectivity index (χ4n) is 1.85. The second-order valence-corrected chi connectivity index (χ2v) is 6.25. The maximum absolute atomic E-state index is 12.2. The van der Waals surface area contributed by atoms with Crippen molar-refractivity contribution in [3.8, 4) is 23.0 Å². The zero-order chi connectivity index (χ0) is 17.7. The molecule has 0 bridgehead atoms. The number of aromatic hydroxyl groups is 2. The van der Waals surface area contributed by atoms with Gasteiger partial charge in [0.05, 0.1) is 25.3 Å². The quantitative estimate of drug-likeness (QED) is 0.411. The number of hydrogen-bond acceptors (Lipinski definition) is 7. The average molecular weight is 352 g/mol. The third-order valence-corrected chi connectivity index (χ3v) is 4.31. The van der Waals surface area contributed by atoms with Gasteiger partial charge in [-0.2, -0.15) is 13.5 Å². The van der Waals surface area contributed by atoms with Crippen molar-refractivity contribution in [1.82, 2.24) is 4.83 Å². The second-order valence-electron chi connectivity index (χ2n) is 4.58. The monoisotopic (exact) mass is 352 g/mol. The molecule has 3 N–H and O–H groups in total. The number of hydrogen-bond donors (Lipinski definition) is 3. The highest BCUT2D eigenvalue weighted by Crippen LogP contribution is 2.29. The van der Waals surface area contributed by atoms with Crippen LogP contribution in [0.2, 0.25) is 0 Å². The molecule has 0 saturated carbocycles. The van der Waals surface area contributed by atoms with Gasteiger partial charge in [0, 0.05) is 11.6 Å². The van der Waals surface area contributed by atoms with Gasteiger partial charge in [0.2, 0.25) is 0 Å². The number of nitrogens with zero attached hydrogens (tertiary/aromatic N) is 1. The summed E-state index contributed by atoms with van der Waals surface area (Å²) in [5.74, 6) is -0.0760. The van der Waals surface area contributed by atoms with E-state index in [-0.39, 0.29) is 22.0 Å². The van der Waals surface area contributed by atoms with Crippen LogP contribution in [-0.2, 0) is 10.0 Å². The van der Waals surface area contributed by atoms with Crippen LogP contribution in [0.4, 0.5) is 0 Å². The van der Waals surface area contributed by atoms with E-state index in [0.717, 1.165) is 6.21 Å². The lowest BCUT2D eigenvalue weighted by molar-refractivity contribution is 0.354. The highest BCUT2D eigenvalue weighted by molar-refractivity contribution is 7.89. The molecule has 2 rings (SSSR count). The highest BCUT2D eigenvalue weighted by Gasteiger charge is 2.16. The molecule has 0 aliphatic rings. The van der Waals surface area contributed by atoms with Crippen molar-refractivity contribution in [2.75, 3.05) is 14.2 Å². The minimum atomic E-state index is -3.94. The largest absolute Gasteiger partial charge is 0.504 e. The van der Waals surface area contributed by atoms with E-state index in [2.05, 4.69) is 5.10 Å². The lowest BCUT2D eigenvalue weighted by atomic mass is 10.2. The number of benzene rings is 2. The molecule has 0 radical (unpaired) electrons. The maximum atomic E-state index is 12.2.